The number of thiophene rings is 1. The third-order valence-electron chi connectivity index (χ3n) is 4.08. The molecule has 1 aromatic heterocycles. The van der Waals surface area contributed by atoms with Gasteiger partial charge in [0.25, 0.3) is 0 Å². The van der Waals surface area contributed by atoms with Crippen LogP contribution in [0.25, 0.3) is 0 Å². The van der Waals surface area contributed by atoms with Crippen LogP contribution in [0.1, 0.15) is 22.0 Å². The van der Waals surface area contributed by atoms with Gasteiger partial charge in [-0.05, 0) is 36.1 Å². The molecule has 3 N–H and O–H groups in total. The SMILES string of the molecule is Cc1ccc([C@@H](NCC(=O)NC(=O)Nc2ccccc2F)c2cccs2)cc1. The molecule has 1 heterocycles. The van der Waals surface area contributed by atoms with Crippen molar-refractivity contribution in [3.05, 3.63) is 87.9 Å². The second kappa shape index (κ2) is 9.25. The van der Waals surface area contributed by atoms with Gasteiger partial charge in [-0.25, -0.2) is 9.18 Å². The summed E-state index contributed by atoms with van der Waals surface area (Å²) in [5.41, 5.74) is 2.18. The molecule has 3 aromatic rings. The lowest BCUT2D eigenvalue weighted by Crippen LogP contribution is -2.41. The highest BCUT2D eigenvalue weighted by atomic mass is 32.1. The van der Waals surface area contributed by atoms with Crippen LogP contribution in [0.4, 0.5) is 14.9 Å². The molecular weight excluding hydrogens is 377 g/mol. The standard InChI is InChI=1S/C21H20FN3O2S/c1-14-8-10-15(11-9-14)20(18-7-4-12-28-18)23-13-19(26)25-21(27)24-17-6-3-2-5-16(17)22/h2-12,20,23H,13H2,1H3,(H2,24,25,26,27)/t20-/m1/s1. The van der Waals surface area contributed by atoms with E-state index in [1.165, 1.54) is 18.2 Å². The molecule has 144 valence electrons. The summed E-state index contributed by atoms with van der Waals surface area (Å²) in [5, 5.41) is 9.68. The van der Waals surface area contributed by atoms with Crippen molar-refractivity contribution in [2.24, 2.45) is 0 Å². The molecule has 0 aliphatic carbocycles. The molecule has 0 aliphatic heterocycles. The highest BCUT2D eigenvalue weighted by molar-refractivity contribution is 7.10. The Bertz CT molecular complexity index is 943. The Kier molecular flexibility index (Phi) is 6.52. The Morgan fingerprint density at radius 1 is 1.04 bits per heavy atom. The predicted molar refractivity (Wildman–Crippen MR) is 109 cm³/mol. The highest BCUT2D eigenvalue weighted by Crippen LogP contribution is 2.26. The summed E-state index contributed by atoms with van der Waals surface area (Å²) in [5.74, 6) is -1.08. The first kappa shape index (κ1) is 19.7. The topological polar surface area (TPSA) is 70.2 Å². The maximum absolute atomic E-state index is 13.6. The number of aryl methyl sites for hydroxylation is 1. The van der Waals surface area contributed by atoms with Crippen molar-refractivity contribution in [1.29, 1.82) is 0 Å². The van der Waals surface area contributed by atoms with Crippen molar-refractivity contribution in [2.45, 2.75) is 13.0 Å². The van der Waals surface area contributed by atoms with Gasteiger partial charge >= 0.3 is 6.03 Å². The van der Waals surface area contributed by atoms with Crippen LogP contribution in [-0.2, 0) is 4.79 Å². The smallest absolute Gasteiger partial charge is 0.305 e. The van der Waals surface area contributed by atoms with E-state index >= 15 is 0 Å². The summed E-state index contributed by atoms with van der Waals surface area (Å²) in [6.07, 6.45) is 0. The molecule has 2 aromatic carbocycles. The number of anilines is 1. The van der Waals surface area contributed by atoms with Crippen molar-refractivity contribution in [3.63, 3.8) is 0 Å². The molecule has 0 unspecified atom stereocenters. The summed E-state index contributed by atoms with van der Waals surface area (Å²) < 4.78 is 13.6. The lowest BCUT2D eigenvalue weighted by Gasteiger charge is -2.18. The average molecular weight is 397 g/mol. The van der Waals surface area contributed by atoms with Crippen LogP contribution in [0.5, 0.6) is 0 Å². The number of amides is 3. The number of para-hydroxylation sites is 1. The monoisotopic (exact) mass is 397 g/mol. The second-order valence-electron chi connectivity index (χ2n) is 6.22. The quantitative estimate of drug-likeness (QED) is 0.583. The number of hydrogen-bond acceptors (Lipinski definition) is 4. The summed E-state index contributed by atoms with van der Waals surface area (Å²) in [6.45, 7) is 1.94. The number of urea groups is 1. The van der Waals surface area contributed by atoms with Crippen LogP contribution < -0.4 is 16.0 Å². The van der Waals surface area contributed by atoms with E-state index in [1.54, 1.807) is 17.4 Å². The van der Waals surface area contributed by atoms with Gasteiger partial charge in [-0.3, -0.25) is 15.4 Å². The molecule has 3 rings (SSSR count). The van der Waals surface area contributed by atoms with Gasteiger partial charge in [0.15, 0.2) is 0 Å². The normalized spacial score (nSPS) is 11.6. The van der Waals surface area contributed by atoms with Gasteiger partial charge in [0.1, 0.15) is 5.82 Å². The van der Waals surface area contributed by atoms with E-state index in [9.17, 15) is 14.0 Å². The molecule has 0 saturated heterocycles. The molecule has 0 fully saturated rings. The van der Waals surface area contributed by atoms with Crippen LogP contribution >= 0.6 is 11.3 Å². The molecule has 0 spiro atoms. The summed E-state index contributed by atoms with van der Waals surface area (Å²) in [6, 6.07) is 16.8. The molecular formula is C21H20FN3O2S. The minimum atomic E-state index is -0.778. The number of carbonyl (C=O) groups excluding carboxylic acids is 2. The minimum absolute atomic E-state index is 0.0110. The lowest BCUT2D eigenvalue weighted by atomic mass is 10.0. The van der Waals surface area contributed by atoms with E-state index in [2.05, 4.69) is 16.0 Å². The number of halogens is 1. The summed E-state index contributed by atoms with van der Waals surface area (Å²) >= 11 is 1.58. The fraction of sp³-hybridized carbons (Fsp3) is 0.143. The van der Waals surface area contributed by atoms with Crippen molar-refractivity contribution in [1.82, 2.24) is 10.6 Å². The molecule has 0 aliphatic rings. The molecule has 0 bridgehead atoms. The fourth-order valence-electron chi connectivity index (χ4n) is 2.68. The van der Waals surface area contributed by atoms with Crippen LogP contribution in [0.3, 0.4) is 0 Å². The lowest BCUT2D eigenvalue weighted by molar-refractivity contribution is -0.119. The first-order chi connectivity index (χ1) is 13.5. The van der Waals surface area contributed by atoms with Crippen LogP contribution in [0.15, 0.2) is 66.0 Å². The van der Waals surface area contributed by atoms with Gasteiger partial charge in [-0.1, -0.05) is 48.0 Å². The Labute approximate surface area is 166 Å². The van der Waals surface area contributed by atoms with E-state index < -0.39 is 17.8 Å². The first-order valence-corrected chi connectivity index (χ1v) is 9.59. The zero-order valence-corrected chi connectivity index (χ0v) is 16.1. The molecule has 28 heavy (non-hydrogen) atoms. The van der Waals surface area contributed by atoms with Crippen molar-refractivity contribution in [3.8, 4) is 0 Å². The van der Waals surface area contributed by atoms with E-state index in [0.717, 1.165) is 16.0 Å². The Morgan fingerprint density at radius 3 is 2.46 bits per heavy atom. The Morgan fingerprint density at radius 2 is 1.79 bits per heavy atom. The van der Waals surface area contributed by atoms with Crippen LogP contribution in [0, 0.1) is 12.7 Å². The molecule has 0 saturated carbocycles. The molecule has 0 radical (unpaired) electrons. The third-order valence-corrected chi connectivity index (χ3v) is 5.02. The van der Waals surface area contributed by atoms with Gasteiger partial charge in [0.05, 0.1) is 18.3 Å². The molecule has 1 atom stereocenters. The van der Waals surface area contributed by atoms with Gasteiger partial charge in [-0.2, -0.15) is 0 Å². The van der Waals surface area contributed by atoms with Gasteiger partial charge in [0, 0.05) is 4.88 Å². The number of benzene rings is 2. The van der Waals surface area contributed by atoms with Crippen molar-refractivity contribution < 1.29 is 14.0 Å². The van der Waals surface area contributed by atoms with Gasteiger partial charge < -0.3 is 5.32 Å². The number of nitrogens with one attached hydrogen (secondary N) is 3. The van der Waals surface area contributed by atoms with E-state index in [1.807, 2.05) is 48.7 Å². The second-order valence-corrected chi connectivity index (χ2v) is 7.20. The number of imide groups is 1. The van der Waals surface area contributed by atoms with Crippen LogP contribution in [-0.4, -0.2) is 18.5 Å². The number of carbonyl (C=O) groups is 2. The van der Waals surface area contributed by atoms with Gasteiger partial charge in [-0.15, -0.1) is 11.3 Å². The minimum Gasteiger partial charge on any atom is -0.305 e. The maximum atomic E-state index is 13.6. The van der Waals surface area contributed by atoms with E-state index in [-0.39, 0.29) is 18.3 Å². The summed E-state index contributed by atoms with van der Waals surface area (Å²) in [4.78, 5) is 25.1. The number of rotatable bonds is 6. The van der Waals surface area contributed by atoms with E-state index in [4.69, 9.17) is 0 Å². The van der Waals surface area contributed by atoms with Crippen molar-refractivity contribution in [2.75, 3.05) is 11.9 Å². The van der Waals surface area contributed by atoms with Crippen molar-refractivity contribution >= 4 is 29.0 Å². The molecule has 7 heteroatoms. The van der Waals surface area contributed by atoms with Crippen LogP contribution in [0.2, 0.25) is 0 Å². The van der Waals surface area contributed by atoms with Gasteiger partial charge in [0.2, 0.25) is 5.91 Å². The maximum Gasteiger partial charge on any atom is 0.326 e. The van der Waals surface area contributed by atoms with E-state index in [0.29, 0.717) is 0 Å². The average Bonchev–Trinajstić information content (AvgIpc) is 3.19. The molecule has 5 nitrogen and oxygen atoms in total. The Balaban J connectivity index is 1.60. The molecule has 3 amide bonds. The first-order valence-electron chi connectivity index (χ1n) is 8.71. The zero-order valence-electron chi connectivity index (χ0n) is 15.2. The number of hydrogen-bond donors (Lipinski definition) is 3. The summed E-state index contributed by atoms with van der Waals surface area (Å²) in [7, 11) is 0. The highest BCUT2D eigenvalue weighted by Gasteiger charge is 2.17. The Hall–Kier alpha value is -3.03. The third kappa shape index (κ3) is 5.25. The fourth-order valence-corrected chi connectivity index (χ4v) is 3.51. The predicted octanol–water partition coefficient (Wildman–Crippen LogP) is 4.22. The largest absolute Gasteiger partial charge is 0.326 e. The zero-order chi connectivity index (χ0) is 19.9.